The van der Waals surface area contributed by atoms with Crippen LogP contribution in [-0.2, 0) is 4.79 Å². The quantitative estimate of drug-likeness (QED) is 0.803. The van der Waals surface area contributed by atoms with E-state index in [0.717, 1.165) is 0 Å². The van der Waals surface area contributed by atoms with Crippen LogP contribution in [0.25, 0.3) is 0 Å². The van der Waals surface area contributed by atoms with E-state index < -0.39 is 10.4 Å². The van der Waals surface area contributed by atoms with Crippen molar-refractivity contribution in [3.05, 3.63) is 23.4 Å². The first kappa shape index (κ1) is 13.5. The van der Waals surface area contributed by atoms with E-state index in [4.69, 9.17) is 16.3 Å². The van der Waals surface area contributed by atoms with Gasteiger partial charge in [-0.25, -0.2) is 4.98 Å². The summed E-state index contributed by atoms with van der Waals surface area (Å²) in [5, 5.41) is -0.165. The minimum Gasteiger partial charge on any atom is -0.455 e. The number of carbonyl (C=O) groups is 1. The van der Waals surface area contributed by atoms with Crippen LogP contribution in [0.15, 0.2) is 18.3 Å². The van der Waals surface area contributed by atoms with Gasteiger partial charge < -0.3 is 4.74 Å². The average molecular weight is 307 g/mol. The van der Waals surface area contributed by atoms with Crippen LogP contribution >= 0.6 is 27.5 Å². The number of Topliss-reactive ketones (excluding diaryl/α,β-unsaturated/α-hetero) is 1. The minimum absolute atomic E-state index is 0.0377. The zero-order valence-electron chi connectivity index (χ0n) is 9.33. The highest BCUT2D eigenvalue weighted by molar-refractivity contribution is 9.09. The number of halogens is 2. The number of ketones is 1. The Morgan fingerprint density at radius 1 is 1.50 bits per heavy atom. The molecular weight excluding hydrogens is 293 g/mol. The van der Waals surface area contributed by atoms with Gasteiger partial charge in [0.05, 0.1) is 5.02 Å². The lowest BCUT2D eigenvalue weighted by Crippen LogP contribution is -2.32. The molecule has 0 fully saturated rings. The molecule has 0 radical (unpaired) electrons. The molecule has 0 aliphatic rings. The van der Waals surface area contributed by atoms with Crippen LogP contribution in [-0.4, -0.2) is 15.8 Å². The van der Waals surface area contributed by atoms with Gasteiger partial charge in [0.25, 0.3) is 0 Å². The van der Waals surface area contributed by atoms with Gasteiger partial charge in [0.15, 0.2) is 5.78 Å². The van der Waals surface area contributed by atoms with Crippen LogP contribution in [0.4, 0.5) is 0 Å². The second-order valence-electron chi connectivity index (χ2n) is 4.36. The Bertz CT molecular complexity index is 373. The Morgan fingerprint density at radius 2 is 2.12 bits per heavy atom. The van der Waals surface area contributed by atoms with Crippen LogP contribution in [0.1, 0.15) is 20.8 Å². The zero-order valence-corrected chi connectivity index (χ0v) is 11.7. The van der Waals surface area contributed by atoms with Gasteiger partial charge in [0.2, 0.25) is 10.9 Å². The van der Waals surface area contributed by atoms with Crippen molar-refractivity contribution in [2.24, 2.45) is 5.41 Å². The van der Waals surface area contributed by atoms with Crippen molar-refractivity contribution in [1.82, 2.24) is 4.98 Å². The molecule has 1 aromatic rings. The Balaban J connectivity index is 2.68. The molecule has 1 rings (SSSR count). The minimum atomic E-state index is -0.693. The Hall–Kier alpha value is -0.610. The summed E-state index contributed by atoms with van der Waals surface area (Å²) in [5.41, 5.74) is -0.458. The van der Waals surface area contributed by atoms with Crippen molar-refractivity contribution in [3.63, 3.8) is 0 Å². The Labute approximate surface area is 108 Å². The summed E-state index contributed by atoms with van der Waals surface area (Å²) < 4.78 is 5.35. The van der Waals surface area contributed by atoms with Gasteiger partial charge in [0.1, 0.15) is 0 Å². The van der Waals surface area contributed by atoms with Crippen molar-refractivity contribution < 1.29 is 9.53 Å². The molecule has 1 aromatic heterocycles. The van der Waals surface area contributed by atoms with Crippen LogP contribution in [0, 0.1) is 5.41 Å². The number of rotatable bonds is 3. The fraction of sp³-hybridized carbons (Fsp3) is 0.455. The van der Waals surface area contributed by atoms with E-state index in [1.165, 1.54) is 6.20 Å². The number of alkyl halides is 1. The maximum atomic E-state index is 11.8. The summed E-state index contributed by atoms with van der Waals surface area (Å²) in [5.74, 6) is 0.327. The third-order valence-electron chi connectivity index (χ3n) is 1.87. The molecule has 0 aliphatic carbocycles. The molecule has 0 bridgehead atoms. The van der Waals surface area contributed by atoms with Gasteiger partial charge in [-0.3, -0.25) is 4.79 Å². The van der Waals surface area contributed by atoms with Crippen LogP contribution in [0.2, 0.25) is 5.02 Å². The molecule has 0 saturated heterocycles. The first-order chi connectivity index (χ1) is 7.30. The van der Waals surface area contributed by atoms with Crippen molar-refractivity contribution in [1.29, 1.82) is 0 Å². The highest BCUT2D eigenvalue weighted by atomic mass is 79.9. The highest BCUT2D eigenvalue weighted by Crippen LogP contribution is 2.23. The number of carbonyl (C=O) groups excluding carboxylic acids is 1. The third kappa shape index (κ3) is 3.76. The lowest BCUT2D eigenvalue weighted by atomic mass is 9.91. The van der Waals surface area contributed by atoms with Gasteiger partial charge in [0, 0.05) is 17.7 Å². The fourth-order valence-corrected chi connectivity index (χ4v) is 1.92. The summed E-state index contributed by atoms with van der Waals surface area (Å²) in [6.07, 6.45) is 1.47. The predicted molar refractivity (Wildman–Crippen MR) is 67.1 cm³/mol. The van der Waals surface area contributed by atoms with Crippen LogP contribution < -0.4 is 4.74 Å². The van der Waals surface area contributed by atoms with E-state index in [-0.39, 0.29) is 5.78 Å². The lowest BCUT2D eigenvalue weighted by molar-refractivity contribution is -0.129. The summed E-state index contributed by atoms with van der Waals surface area (Å²) in [6, 6.07) is 3.28. The van der Waals surface area contributed by atoms with E-state index in [1.807, 2.05) is 20.8 Å². The van der Waals surface area contributed by atoms with E-state index in [2.05, 4.69) is 20.9 Å². The molecule has 5 heteroatoms. The van der Waals surface area contributed by atoms with Crippen LogP contribution in [0.3, 0.4) is 0 Å². The van der Waals surface area contributed by atoms with Crippen molar-refractivity contribution in [3.8, 4) is 5.88 Å². The van der Waals surface area contributed by atoms with Gasteiger partial charge in [-0.2, -0.15) is 0 Å². The number of nitrogens with zero attached hydrogens (tertiary/aromatic N) is 1. The molecule has 1 heterocycles. The highest BCUT2D eigenvalue weighted by Gasteiger charge is 2.29. The third-order valence-corrected chi connectivity index (χ3v) is 2.70. The normalized spacial score (nSPS) is 13.3. The van der Waals surface area contributed by atoms with E-state index in [9.17, 15) is 4.79 Å². The SMILES string of the molecule is CC(C)(C)C(=O)C(Br)Oc1ccc(Cl)cn1. The number of pyridine rings is 1. The Kier molecular flexibility index (Phi) is 4.33. The molecule has 3 nitrogen and oxygen atoms in total. The summed E-state index contributed by atoms with van der Waals surface area (Å²) in [7, 11) is 0. The first-order valence-corrected chi connectivity index (χ1v) is 6.06. The standard InChI is InChI=1S/C11H13BrClNO2/c1-11(2,3)9(15)10(12)16-8-5-4-7(13)6-14-8/h4-6,10H,1-3H3. The monoisotopic (exact) mass is 305 g/mol. The van der Waals surface area contributed by atoms with Gasteiger partial charge >= 0.3 is 0 Å². The summed E-state index contributed by atoms with van der Waals surface area (Å²) >= 11 is 8.88. The molecule has 0 N–H and O–H groups in total. The zero-order chi connectivity index (χ0) is 12.3. The molecule has 0 amide bonds. The molecule has 0 spiro atoms. The number of hydrogen-bond acceptors (Lipinski definition) is 3. The summed E-state index contributed by atoms with van der Waals surface area (Å²) in [4.78, 5) is 15.8. The molecule has 0 aliphatic heterocycles. The fourth-order valence-electron chi connectivity index (χ4n) is 0.932. The number of ether oxygens (including phenoxy) is 1. The van der Waals surface area contributed by atoms with E-state index in [1.54, 1.807) is 12.1 Å². The van der Waals surface area contributed by atoms with E-state index >= 15 is 0 Å². The topological polar surface area (TPSA) is 39.2 Å². The van der Waals surface area contributed by atoms with Gasteiger partial charge in [-0.15, -0.1) is 0 Å². The summed E-state index contributed by atoms with van der Waals surface area (Å²) in [6.45, 7) is 5.51. The smallest absolute Gasteiger partial charge is 0.214 e. The molecule has 1 atom stereocenters. The lowest BCUT2D eigenvalue weighted by Gasteiger charge is -2.20. The van der Waals surface area contributed by atoms with Crippen molar-refractivity contribution >= 4 is 33.3 Å². The number of hydrogen-bond donors (Lipinski definition) is 0. The second-order valence-corrected chi connectivity index (χ2v) is 5.63. The molecular formula is C11H13BrClNO2. The largest absolute Gasteiger partial charge is 0.455 e. The molecule has 0 aromatic carbocycles. The molecule has 16 heavy (non-hydrogen) atoms. The van der Waals surface area contributed by atoms with Crippen molar-refractivity contribution in [2.75, 3.05) is 0 Å². The maximum Gasteiger partial charge on any atom is 0.214 e. The van der Waals surface area contributed by atoms with Gasteiger partial charge in [-0.05, 0) is 22.0 Å². The number of aromatic nitrogens is 1. The predicted octanol–water partition coefficient (Wildman–Crippen LogP) is 3.45. The first-order valence-electron chi connectivity index (χ1n) is 4.77. The van der Waals surface area contributed by atoms with Crippen molar-refractivity contribution in [2.45, 2.75) is 25.8 Å². The second kappa shape index (κ2) is 5.15. The maximum absolute atomic E-state index is 11.8. The van der Waals surface area contributed by atoms with E-state index in [0.29, 0.717) is 10.9 Å². The van der Waals surface area contributed by atoms with Crippen LogP contribution in [0.5, 0.6) is 5.88 Å². The average Bonchev–Trinajstić information content (AvgIpc) is 2.19. The molecule has 0 saturated carbocycles. The Morgan fingerprint density at radius 3 is 2.56 bits per heavy atom. The molecule has 1 unspecified atom stereocenters. The van der Waals surface area contributed by atoms with Gasteiger partial charge in [-0.1, -0.05) is 32.4 Å². The molecule has 88 valence electrons.